The molecular formula is C15H23FN2O. The molecular weight excluding hydrogens is 243 g/mol. The molecule has 1 aromatic carbocycles. The molecule has 0 bridgehead atoms. The summed E-state index contributed by atoms with van der Waals surface area (Å²) in [7, 11) is 0. The van der Waals surface area contributed by atoms with Gasteiger partial charge in [-0.2, -0.15) is 0 Å². The summed E-state index contributed by atoms with van der Waals surface area (Å²) in [5.74, 6) is -0.404. The largest absolute Gasteiger partial charge is 0.326 e. The highest BCUT2D eigenvalue weighted by atomic mass is 19.1. The number of carbonyl (C=O) groups excluding carboxylic acids is 1. The number of carbonyl (C=O) groups is 1. The minimum Gasteiger partial charge on any atom is -0.326 e. The fraction of sp³-hybridized carbons (Fsp3) is 0.533. The molecule has 0 atom stereocenters. The van der Waals surface area contributed by atoms with Crippen LogP contribution >= 0.6 is 0 Å². The van der Waals surface area contributed by atoms with Gasteiger partial charge in [0.25, 0.3) is 0 Å². The quantitative estimate of drug-likeness (QED) is 0.783. The molecule has 3 nitrogen and oxygen atoms in total. The summed E-state index contributed by atoms with van der Waals surface area (Å²) in [5, 5.41) is 2.72. The summed E-state index contributed by atoms with van der Waals surface area (Å²) >= 11 is 0. The van der Waals surface area contributed by atoms with Crippen molar-refractivity contribution in [2.24, 2.45) is 0 Å². The molecule has 1 amide bonds. The third-order valence-corrected chi connectivity index (χ3v) is 2.84. The molecule has 19 heavy (non-hydrogen) atoms. The van der Waals surface area contributed by atoms with Crippen molar-refractivity contribution < 1.29 is 9.18 Å². The minimum absolute atomic E-state index is 0.0668. The first kappa shape index (κ1) is 15.6. The molecule has 1 N–H and O–H groups in total. The van der Waals surface area contributed by atoms with Crippen LogP contribution in [-0.2, 0) is 4.79 Å². The first-order valence-electron chi connectivity index (χ1n) is 6.93. The molecule has 1 rings (SSSR count). The summed E-state index contributed by atoms with van der Waals surface area (Å²) in [5.41, 5.74) is 0.516. The number of hydrogen-bond acceptors (Lipinski definition) is 2. The van der Waals surface area contributed by atoms with Crippen molar-refractivity contribution in [1.82, 2.24) is 4.90 Å². The number of nitrogens with one attached hydrogen (secondary N) is 1. The summed E-state index contributed by atoms with van der Waals surface area (Å²) in [6, 6.07) is 5.97. The Bertz CT molecular complexity index is 389. The highest BCUT2D eigenvalue weighted by Gasteiger charge is 2.07. The molecule has 4 heteroatoms. The van der Waals surface area contributed by atoms with Crippen LogP contribution in [0.3, 0.4) is 0 Å². The lowest BCUT2D eigenvalue weighted by Crippen LogP contribution is -2.29. The maximum absolute atomic E-state index is 13.0. The van der Waals surface area contributed by atoms with E-state index in [4.69, 9.17) is 0 Å². The molecule has 0 unspecified atom stereocenters. The fourth-order valence-electron chi connectivity index (χ4n) is 2.02. The van der Waals surface area contributed by atoms with Gasteiger partial charge in [0.15, 0.2) is 0 Å². The van der Waals surface area contributed by atoms with Crippen LogP contribution in [0.2, 0.25) is 0 Å². The summed E-state index contributed by atoms with van der Waals surface area (Å²) in [4.78, 5) is 14.1. The van der Waals surface area contributed by atoms with Crippen LogP contribution in [-0.4, -0.2) is 30.4 Å². The van der Waals surface area contributed by atoms with Gasteiger partial charge in [0.05, 0.1) is 0 Å². The van der Waals surface area contributed by atoms with Crippen LogP contribution in [0.25, 0.3) is 0 Å². The Hall–Kier alpha value is -1.42. The number of nitrogens with zero attached hydrogens (tertiary/aromatic N) is 1. The van der Waals surface area contributed by atoms with Crippen LogP contribution in [0.15, 0.2) is 24.3 Å². The molecule has 0 aliphatic heterocycles. The standard InChI is InChI=1S/C15H23FN2O/c1-3-9-18(10-4-2)11-8-15(19)17-14-7-5-6-13(16)12-14/h5-7,12H,3-4,8-11H2,1-2H3,(H,17,19). The van der Waals surface area contributed by atoms with E-state index in [1.165, 1.54) is 12.1 Å². The monoisotopic (exact) mass is 266 g/mol. The first-order valence-corrected chi connectivity index (χ1v) is 6.93. The zero-order valence-corrected chi connectivity index (χ0v) is 11.8. The van der Waals surface area contributed by atoms with E-state index < -0.39 is 0 Å². The number of amides is 1. The maximum Gasteiger partial charge on any atom is 0.225 e. The molecule has 0 aliphatic rings. The predicted octanol–water partition coefficient (Wildman–Crippen LogP) is 3.28. The van der Waals surface area contributed by atoms with Crippen molar-refractivity contribution in [2.45, 2.75) is 33.1 Å². The summed E-state index contributed by atoms with van der Waals surface area (Å²) in [6.45, 7) is 7.05. The van der Waals surface area contributed by atoms with E-state index in [-0.39, 0.29) is 11.7 Å². The van der Waals surface area contributed by atoms with Gasteiger partial charge >= 0.3 is 0 Å². The third-order valence-electron chi connectivity index (χ3n) is 2.84. The Balaban J connectivity index is 2.38. The van der Waals surface area contributed by atoms with Gasteiger partial charge in [0.2, 0.25) is 5.91 Å². The van der Waals surface area contributed by atoms with Crippen molar-refractivity contribution in [3.63, 3.8) is 0 Å². The van der Waals surface area contributed by atoms with E-state index in [9.17, 15) is 9.18 Å². The maximum atomic E-state index is 13.0. The number of anilines is 1. The van der Waals surface area contributed by atoms with Crippen LogP contribution in [0, 0.1) is 5.82 Å². The second kappa shape index (κ2) is 8.64. The Morgan fingerprint density at radius 1 is 1.21 bits per heavy atom. The van der Waals surface area contributed by atoms with Gasteiger partial charge in [-0.3, -0.25) is 4.79 Å². The highest BCUT2D eigenvalue weighted by Crippen LogP contribution is 2.09. The van der Waals surface area contributed by atoms with Crippen molar-refractivity contribution in [3.05, 3.63) is 30.1 Å². The smallest absolute Gasteiger partial charge is 0.225 e. The van der Waals surface area contributed by atoms with Gasteiger partial charge < -0.3 is 10.2 Å². The molecule has 0 saturated heterocycles. The molecule has 1 aromatic rings. The van der Waals surface area contributed by atoms with E-state index in [0.717, 1.165) is 32.5 Å². The van der Waals surface area contributed by atoms with Gasteiger partial charge in [-0.1, -0.05) is 19.9 Å². The zero-order chi connectivity index (χ0) is 14.1. The van der Waals surface area contributed by atoms with Crippen molar-refractivity contribution in [3.8, 4) is 0 Å². The van der Waals surface area contributed by atoms with E-state index in [2.05, 4.69) is 24.1 Å². The number of benzene rings is 1. The molecule has 0 saturated carbocycles. The topological polar surface area (TPSA) is 32.3 Å². The molecule has 0 fully saturated rings. The van der Waals surface area contributed by atoms with E-state index in [1.807, 2.05) is 0 Å². The Kier molecular flexibility index (Phi) is 7.11. The average molecular weight is 266 g/mol. The molecule has 0 spiro atoms. The Morgan fingerprint density at radius 3 is 2.47 bits per heavy atom. The fourth-order valence-corrected chi connectivity index (χ4v) is 2.02. The average Bonchev–Trinajstić information content (AvgIpc) is 2.36. The third kappa shape index (κ3) is 6.34. The molecule has 0 aromatic heterocycles. The van der Waals surface area contributed by atoms with E-state index >= 15 is 0 Å². The second-order valence-electron chi connectivity index (χ2n) is 4.65. The normalized spacial score (nSPS) is 10.7. The zero-order valence-electron chi connectivity index (χ0n) is 11.8. The van der Waals surface area contributed by atoms with Crippen molar-refractivity contribution in [1.29, 1.82) is 0 Å². The van der Waals surface area contributed by atoms with Crippen LogP contribution in [0.1, 0.15) is 33.1 Å². The molecule has 0 radical (unpaired) electrons. The minimum atomic E-state index is -0.337. The van der Waals surface area contributed by atoms with Crippen LogP contribution in [0.5, 0.6) is 0 Å². The lowest BCUT2D eigenvalue weighted by Gasteiger charge is -2.20. The predicted molar refractivity (Wildman–Crippen MR) is 76.7 cm³/mol. The van der Waals surface area contributed by atoms with Gasteiger partial charge in [-0.25, -0.2) is 4.39 Å². The number of halogens is 1. The van der Waals surface area contributed by atoms with Gasteiger partial charge in [0, 0.05) is 18.7 Å². The van der Waals surface area contributed by atoms with Crippen LogP contribution < -0.4 is 5.32 Å². The lowest BCUT2D eigenvalue weighted by molar-refractivity contribution is -0.116. The highest BCUT2D eigenvalue weighted by molar-refractivity contribution is 5.90. The Morgan fingerprint density at radius 2 is 1.89 bits per heavy atom. The summed E-state index contributed by atoms with van der Waals surface area (Å²) < 4.78 is 13.0. The van der Waals surface area contributed by atoms with Gasteiger partial charge in [0.1, 0.15) is 5.82 Å². The molecule has 0 heterocycles. The SMILES string of the molecule is CCCN(CCC)CCC(=O)Nc1cccc(F)c1. The van der Waals surface area contributed by atoms with E-state index in [1.54, 1.807) is 12.1 Å². The number of hydrogen-bond donors (Lipinski definition) is 1. The summed E-state index contributed by atoms with van der Waals surface area (Å²) in [6.07, 6.45) is 2.62. The molecule has 106 valence electrons. The van der Waals surface area contributed by atoms with Gasteiger partial charge in [-0.05, 0) is 44.1 Å². The van der Waals surface area contributed by atoms with Crippen molar-refractivity contribution >= 4 is 11.6 Å². The lowest BCUT2D eigenvalue weighted by atomic mass is 10.2. The van der Waals surface area contributed by atoms with E-state index in [0.29, 0.717) is 12.1 Å². The second-order valence-corrected chi connectivity index (χ2v) is 4.65. The molecule has 0 aliphatic carbocycles. The Labute approximate surface area is 114 Å². The van der Waals surface area contributed by atoms with Crippen LogP contribution in [0.4, 0.5) is 10.1 Å². The first-order chi connectivity index (χ1) is 9.15. The van der Waals surface area contributed by atoms with Gasteiger partial charge in [-0.15, -0.1) is 0 Å². The number of rotatable bonds is 8. The van der Waals surface area contributed by atoms with Crippen molar-refractivity contribution in [2.75, 3.05) is 25.0 Å².